The topological polar surface area (TPSA) is 67.3 Å². The first-order chi connectivity index (χ1) is 13.9. The van der Waals surface area contributed by atoms with Crippen LogP contribution in [-0.2, 0) is 22.9 Å². The molecule has 1 aromatic heterocycles. The lowest BCUT2D eigenvalue weighted by atomic mass is 9.98. The standard InChI is InChI=1S/C22H19FN2O3S/c23-19-7-9-20(10-8-19)29(27,28)25-12-2-4-17-6-5-16(13-21(17)25)14-22(26)18-3-1-11-24-15-18/h1,3,5-11,13,15H,2,4,12,14H2. The van der Waals surface area contributed by atoms with E-state index in [2.05, 4.69) is 4.98 Å². The molecule has 1 aliphatic heterocycles. The Labute approximate surface area is 168 Å². The summed E-state index contributed by atoms with van der Waals surface area (Å²) in [4.78, 5) is 16.5. The molecule has 0 spiro atoms. The van der Waals surface area contributed by atoms with Gasteiger partial charge in [-0.05, 0) is 66.4 Å². The molecule has 0 saturated heterocycles. The monoisotopic (exact) mass is 410 g/mol. The lowest BCUT2D eigenvalue weighted by Crippen LogP contribution is -2.35. The van der Waals surface area contributed by atoms with Crippen LogP contribution in [0.15, 0.2) is 71.9 Å². The van der Waals surface area contributed by atoms with Gasteiger partial charge in [0.15, 0.2) is 5.78 Å². The number of ketones is 1. The van der Waals surface area contributed by atoms with E-state index in [4.69, 9.17) is 0 Å². The molecule has 0 unspecified atom stereocenters. The first-order valence-corrected chi connectivity index (χ1v) is 10.7. The molecule has 148 valence electrons. The summed E-state index contributed by atoms with van der Waals surface area (Å²) in [6, 6.07) is 13.7. The summed E-state index contributed by atoms with van der Waals surface area (Å²) in [5.41, 5.74) is 2.75. The highest BCUT2D eigenvalue weighted by atomic mass is 32.2. The van der Waals surface area contributed by atoms with Crippen LogP contribution in [0.3, 0.4) is 0 Å². The van der Waals surface area contributed by atoms with E-state index in [-0.39, 0.29) is 17.1 Å². The van der Waals surface area contributed by atoms with Gasteiger partial charge in [-0.15, -0.1) is 0 Å². The van der Waals surface area contributed by atoms with E-state index in [9.17, 15) is 17.6 Å². The fourth-order valence-electron chi connectivity index (χ4n) is 3.50. The molecule has 0 radical (unpaired) electrons. The molecular weight excluding hydrogens is 391 g/mol. The third-order valence-electron chi connectivity index (χ3n) is 4.98. The van der Waals surface area contributed by atoms with Crippen molar-refractivity contribution in [2.45, 2.75) is 24.2 Å². The summed E-state index contributed by atoms with van der Waals surface area (Å²) in [6.45, 7) is 0.340. The maximum atomic E-state index is 13.2. The summed E-state index contributed by atoms with van der Waals surface area (Å²) in [6.07, 6.45) is 4.74. The number of carbonyl (C=O) groups is 1. The van der Waals surface area contributed by atoms with Gasteiger partial charge >= 0.3 is 0 Å². The number of rotatable bonds is 5. The van der Waals surface area contributed by atoms with Crippen LogP contribution < -0.4 is 4.31 Å². The molecule has 4 rings (SSSR count). The summed E-state index contributed by atoms with van der Waals surface area (Å²) in [7, 11) is -3.82. The van der Waals surface area contributed by atoms with Gasteiger partial charge in [-0.1, -0.05) is 12.1 Å². The minimum Gasteiger partial charge on any atom is -0.294 e. The molecule has 0 aliphatic carbocycles. The van der Waals surface area contributed by atoms with Crippen LogP contribution in [0.25, 0.3) is 0 Å². The Morgan fingerprint density at radius 2 is 1.90 bits per heavy atom. The van der Waals surface area contributed by atoms with Gasteiger partial charge in [0, 0.05) is 30.9 Å². The van der Waals surface area contributed by atoms with E-state index >= 15 is 0 Å². The second-order valence-corrected chi connectivity index (χ2v) is 8.80. The number of hydrogen-bond donors (Lipinski definition) is 0. The Kier molecular flexibility index (Phi) is 5.15. The third kappa shape index (κ3) is 3.91. The smallest absolute Gasteiger partial charge is 0.264 e. The average Bonchev–Trinajstić information content (AvgIpc) is 2.74. The maximum absolute atomic E-state index is 13.2. The average molecular weight is 410 g/mol. The molecule has 29 heavy (non-hydrogen) atoms. The van der Waals surface area contributed by atoms with E-state index in [0.717, 1.165) is 29.7 Å². The van der Waals surface area contributed by atoms with Gasteiger partial charge < -0.3 is 0 Å². The second kappa shape index (κ2) is 7.75. The summed E-state index contributed by atoms with van der Waals surface area (Å²) in [5, 5.41) is 0. The van der Waals surface area contributed by atoms with Crippen molar-refractivity contribution in [3.8, 4) is 0 Å². The number of sulfonamides is 1. The molecule has 0 amide bonds. The SMILES string of the molecule is O=C(Cc1ccc2c(c1)N(S(=O)(=O)c1ccc(F)cc1)CCC2)c1cccnc1. The predicted molar refractivity (Wildman–Crippen MR) is 108 cm³/mol. The zero-order chi connectivity index (χ0) is 20.4. The van der Waals surface area contributed by atoms with Crippen LogP contribution in [0.4, 0.5) is 10.1 Å². The Balaban J connectivity index is 1.67. The summed E-state index contributed by atoms with van der Waals surface area (Å²) < 4.78 is 40.9. The first-order valence-electron chi connectivity index (χ1n) is 9.28. The number of Topliss-reactive ketones (excluding diaryl/α,β-unsaturated/α-hetero) is 1. The zero-order valence-electron chi connectivity index (χ0n) is 15.6. The number of anilines is 1. The normalized spacial score (nSPS) is 13.8. The van der Waals surface area contributed by atoms with E-state index in [1.54, 1.807) is 24.4 Å². The molecule has 0 fully saturated rings. The van der Waals surface area contributed by atoms with Gasteiger partial charge in [-0.3, -0.25) is 14.1 Å². The van der Waals surface area contributed by atoms with E-state index < -0.39 is 15.8 Å². The molecule has 0 bridgehead atoms. The maximum Gasteiger partial charge on any atom is 0.264 e. The number of pyridine rings is 1. The van der Waals surface area contributed by atoms with Crippen LogP contribution in [0.5, 0.6) is 0 Å². The van der Waals surface area contributed by atoms with Crippen LogP contribution in [0.2, 0.25) is 0 Å². The number of aryl methyl sites for hydroxylation is 1. The van der Waals surface area contributed by atoms with Crippen molar-refractivity contribution in [1.29, 1.82) is 0 Å². The van der Waals surface area contributed by atoms with Crippen molar-refractivity contribution >= 4 is 21.5 Å². The Hall–Kier alpha value is -3.06. The Morgan fingerprint density at radius 1 is 1.10 bits per heavy atom. The Bertz CT molecular complexity index is 1150. The van der Waals surface area contributed by atoms with Crippen LogP contribution in [-0.4, -0.2) is 25.7 Å². The van der Waals surface area contributed by atoms with Gasteiger partial charge in [0.1, 0.15) is 5.82 Å². The first kappa shape index (κ1) is 19.3. The molecule has 2 heterocycles. The molecule has 7 heteroatoms. The lowest BCUT2D eigenvalue weighted by Gasteiger charge is -2.31. The van der Waals surface area contributed by atoms with Crippen LogP contribution in [0, 0.1) is 5.82 Å². The van der Waals surface area contributed by atoms with Crippen LogP contribution in [0.1, 0.15) is 27.9 Å². The minimum absolute atomic E-state index is 0.0450. The van der Waals surface area contributed by atoms with Crippen molar-refractivity contribution in [1.82, 2.24) is 4.98 Å². The third-order valence-corrected chi connectivity index (χ3v) is 6.80. The van der Waals surface area contributed by atoms with E-state index in [1.807, 2.05) is 12.1 Å². The molecule has 0 saturated carbocycles. The Morgan fingerprint density at radius 3 is 2.62 bits per heavy atom. The summed E-state index contributed by atoms with van der Waals surface area (Å²) in [5.74, 6) is -0.569. The van der Waals surface area contributed by atoms with Gasteiger partial charge in [0.25, 0.3) is 10.0 Å². The number of carbonyl (C=O) groups excluding carboxylic acids is 1. The number of hydrogen-bond acceptors (Lipinski definition) is 4. The van der Waals surface area contributed by atoms with Crippen molar-refractivity contribution in [3.05, 3.63) is 89.5 Å². The lowest BCUT2D eigenvalue weighted by molar-refractivity contribution is 0.0992. The largest absolute Gasteiger partial charge is 0.294 e. The van der Waals surface area contributed by atoms with Gasteiger partial charge in [0.2, 0.25) is 0 Å². The highest BCUT2D eigenvalue weighted by Gasteiger charge is 2.29. The number of nitrogens with zero attached hydrogens (tertiary/aromatic N) is 2. The van der Waals surface area contributed by atoms with E-state index in [1.165, 1.54) is 22.6 Å². The number of fused-ring (bicyclic) bond motifs is 1. The molecule has 0 N–H and O–H groups in total. The highest BCUT2D eigenvalue weighted by molar-refractivity contribution is 7.92. The van der Waals surface area contributed by atoms with Gasteiger partial charge in [-0.25, -0.2) is 12.8 Å². The zero-order valence-corrected chi connectivity index (χ0v) is 16.4. The minimum atomic E-state index is -3.82. The summed E-state index contributed by atoms with van der Waals surface area (Å²) >= 11 is 0. The van der Waals surface area contributed by atoms with Gasteiger partial charge in [0.05, 0.1) is 10.6 Å². The molecule has 1 aliphatic rings. The van der Waals surface area contributed by atoms with Crippen molar-refractivity contribution < 1.29 is 17.6 Å². The predicted octanol–water partition coefficient (Wildman–Crippen LogP) is 3.79. The number of halogens is 1. The molecular formula is C22H19FN2O3S. The van der Waals surface area contributed by atoms with Crippen molar-refractivity contribution in [3.63, 3.8) is 0 Å². The quantitative estimate of drug-likeness (QED) is 0.600. The molecule has 5 nitrogen and oxygen atoms in total. The van der Waals surface area contributed by atoms with Gasteiger partial charge in [-0.2, -0.15) is 0 Å². The molecule has 0 atom stereocenters. The fraction of sp³-hybridized carbons (Fsp3) is 0.182. The number of benzene rings is 2. The van der Waals surface area contributed by atoms with Crippen LogP contribution >= 0.6 is 0 Å². The molecule has 2 aromatic carbocycles. The number of aromatic nitrogens is 1. The van der Waals surface area contributed by atoms with Crippen molar-refractivity contribution in [2.24, 2.45) is 0 Å². The van der Waals surface area contributed by atoms with Crippen molar-refractivity contribution in [2.75, 3.05) is 10.8 Å². The second-order valence-electron chi connectivity index (χ2n) is 6.94. The fourth-order valence-corrected chi connectivity index (χ4v) is 5.03. The highest BCUT2D eigenvalue weighted by Crippen LogP contribution is 2.33. The van der Waals surface area contributed by atoms with E-state index in [0.29, 0.717) is 24.2 Å². The molecule has 3 aromatic rings.